The maximum Gasteiger partial charge on any atom is 0.262 e. The smallest absolute Gasteiger partial charge is 0.262 e. The number of amides is 1. The number of hydrogen-bond donors (Lipinski definition) is 1. The lowest BCUT2D eigenvalue weighted by Gasteiger charge is -2.08. The van der Waals surface area contributed by atoms with E-state index in [-0.39, 0.29) is 35.6 Å². The molecule has 0 spiro atoms. The zero-order chi connectivity index (χ0) is 23.4. The molecule has 4 rings (SSSR count). The van der Waals surface area contributed by atoms with Gasteiger partial charge in [-0.2, -0.15) is 0 Å². The van der Waals surface area contributed by atoms with Gasteiger partial charge in [-0.25, -0.2) is 8.78 Å². The summed E-state index contributed by atoms with van der Waals surface area (Å²) in [6.45, 7) is 2.38. The van der Waals surface area contributed by atoms with Crippen LogP contribution >= 0.6 is 15.9 Å². The van der Waals surface area contributed by atoms with Crippen molar-refractivity contribution >= 4 is 27.5 Å². The molecule has 0 saturated heterocycles. The third kappa shape index (κ3) is 5.84. The molecule has 33 heavy (non-hydrogen) atoms. The minimum Gasteiger partial charge on any atom is -0.471 e. The van der Waals surface area contributed by atoms with Crippen LogP contribution in [-0.2, 0) is 13.2 Å². The first-order chi connectivity index (χ1) is 15.9. The van der Waals surface area contributed by atoms with Gasteiger partial charge < -0.3 is 10.1 Å². The molecule has 1 aromatic heterocycles. The Morgan fingerprint density at radius 2 is 1.64 bits per heavy atom. The first kappa shape index (κ1) is 22.7. The molecule has 1 amide bonds. The Hall–Kier alpha value is -3.52. The van der Waals surface area contributed by atoms with Crippen molar-refractivity contribution in [1.82, 2.24) is 9.78 Å². The fraction of sp³-hybridized carbons (Fsp3) is 0.120. The molecule has 0 fully saturated rings. The number of nitrogens with one attached hydrogen (secondary N) is 1. The molecule has 3 aromatic carbocycles. The Bertz CT molecular complexity index is 1270. The number of ether oxygens (including phenoxy) is 1. The number of benzene rings is 3. The van der Waals surface area contributed by atoms with Crippen LogP contribution in [0, 0.1) is 18.6 Å². The van der Waals surface area contributed by atoms with Crippen molar-refractivity contribution in [2.24, 2.45) is 0 Å². The zero-order valence-electron chi connectivity index (χ0n) is 17.7. The van der Waals surface area contributed by atoms with E-state index in [1.165, 1.54) is 24.3 Å². The van der Waals surface area contributed by atoms with Crippen molar-refractivity contribution in [2.75, 3.05) is 5.32 Å². The summed E-state index contributed by atoms with van der Waals surface area (Å²) in [4.78, 5) is 13.0. The highest BCUT2D eigenvalue weighted by molar-refractivity contribution is 9.10. The monoisotopic (exact) mass is 511 g/mol. The molecular formula is C25H20BrF2N3O2. The van der Waals surface area contributed by atoms with Gasteiger partial charge in [0.25, 0.3) is 5.91 Å². The summed E-state index contributed by atoms with van der Waals surface area (Å²) in [5.74, 6) is -0.900. The Morgan fingerprint density at radius 1 is 1.00 bits per heavy atom. The summed E-state index contributed by atoms with van der Waals surface area (Å²) >= 11 is 3.45. The maximum atomic E-state index is 13.2. The van der Waals surface area contributed by atoms with Gasteiger partial charge in [-0.05, 0) is 66.1 Å². The highest BCUT2D eigenvalue weighted by Gasteiger charge is 2.19. The van der Waals surface area contributed by atoms with Gasteiger partial charge in [0.1, 0.15) is 23.8 Å². The average Bonchev–Trinajstić information content (AvgIpc) is 3.20. The van der Waals surface area contributed by atoms with Gasteiger partial charge in [0, 0.05) is 16.4 Å². The number of hydrogen-bond acceptors (Lipinski definition) is 3. The number of anilines is 1. The van der Waals surface area contributed by atoms with Crippen LogP contribution in [0.15, 0.2) is 77.4 Å². The molecule has 0 radical (unpaired) electrons. The lowest BCUT2D eigenvalue weighted by atomic mass is 10.2. The second-order valence-electron chi connectivity index (χ2n) is 7.51. The van der Waals surface area contributed by atoms with E-state index in [1.807, 2.05) is 19.1 Å². The van der Waals surface area contributed by atoms with Crippen LogP contribution in [0.1, 0.15) is 27.0 Å². The van der Waals surface area contributed by atoms with Crippen molar-refractivity contribution in [3.63, 3.8) is 0 Å². The lowest BCUT2D eigenvalue weighted by molar-refractivity contribution is 0.102. The van der Waals surface area contributed by atoms with Crippen molar-refractivity contribution in [3.8, 4) is 5.88 Å². The molecule has 0 unspecified atom stereocenters. The number of aryl methyl sites for hydroxylation is 1. The average molecular weight is 512 g/mol. The zero-order valence-corrected chi connectivity index (χ0v) is 19.3. The highest BCUT2D eigenvalue weighted by Crippen LogP contribution is 2.23. The van der Waals surface area contributed by atoms with Crippen LogP contribution in [-0.4, -0.2) is 15.7 Å². The summed E-state index contributed by atoms with van der Waals surface area (Å²) in [5.41, 5.74) is 3.42. The van der Waals surface area contributed by atoms with Crippen LogP contribution < -0.4 is 10.1 Å². The number of halogens is 3. The minimum atomic E-state index is -0.379. The van der Waals surface area contributed by atoms with Gasteiger partial charge in [0.2, 0.25) is 5.88 Å². The summed E-state index contributed by atoms with van der Waals surface area (Å²) in [6, 6.07) is 17.4. The van der Waals surface area contributed by atoms with Crippen LogP contribution in [0.2, 0.25) is 0 Å². The summed E-state index contributed by atoms with van der Waals surface area (Å²) in [5, 5.41) is 7.28. The third-order valence-corrected chi connectivity index (χ3v) is 5.82. The van der Waals surface area contributed by atoms with E-state index in [4.69, 9.17) is 4.74 Å². The van der Waals surface area contributed by atoms with Gasteiger partial charge >= 0.3 is 0 Å². The van der Waals surface area contributed by atoms with Crippen molar-refractivity contribution < 1.29 is 18.3 Å². The van der Waals surface area contributed by atoms with Crippen LogP contribution in [0.3, 0.4) is 0 Å². The van der Waals surface area contributed by atoms with Crippen LogP contribution in [0.5, 0.6) is 5.88 Å². The largest absolute Gasteiger partial charge is 0.471 e. The predicted octanol–water partition coefficient (Wildman–Crippen LogP) is 6.11. The normalized spacial score (nSPS) is 10.8. The molecule has 0 atom stereocenters. The molecule has 168 valence electrons. The van der Waals surface area contributed by atoms with Gasteiger partial charge in [-0.1, -0.05) is 40.2 Å². The molecule has 0 aliphatic heterocycles. The SMILES string of the molecule is Cc1cc(NC(=O)c2cn(Cc3ccc(F)cc3)nc2OCc2ccc(F)cc2)ccc1Br. The second kappa shape index (κ2) is 9.95. The molecular weight excluding hydrogens is 492 g/mol. The molecule has 8 heteroatoms. The number of nitrogens with zero attached hydrogens (tertiary/aromatic N) is 2. The summed E-state index contributed by atoms with van der Waals surface area (Å²) in [7, 11) is 0. The lowest BCUT2D eigenvalue weighted by Crippen LogP contribution is -2.13. The number of rotatable bonds is 7. The number of carbonyl (C=O) groups excluding carboxylic acids is 1. The van der Waals surface area contributed by atoms with E-state index in [9.17, 15) is 13.6 Å². The second-order valence-corrected chi connectivity index (χ2v) is 8.36. The molecule has 1 heterocycles. The molecule has 0 aliphatic carbocycles. The molecule has 4 aromatic rings. The van der Waals surface area contributed by atoms with E-state index in [1.54, 1.807) is 41.2 Å². The quantitative estimate of drug-likeness (QED) is 0.325. The van der Waals surface area contributed by atoms with Crippen LogP contribution in [0.4, 0.5) is 14.5 Å². The number of carbonyl (C=O) groups is 1. The van der Waals surface area contributed by atoms with Crippen molar-refractivity contribution in [2.45, 2.75) is 20.1 Å². The van der Waals surface area contributed by atoms with Gasteiger partial charge in [0.05, 0.1) is 6.54 Å². The Labute approximate surface area is 198 Å². The Balaban J connectivity index is 1.58. The minimum absolute atomic E-state index is 0.117. The molecule has 1 N–H and O–H groups in total. The first-order valence-electron chi connectivity index (χ1n) is 10.1. The van der Waals surface area contributed by atoms with Crippen LogP contribution in [0.25, 0.3) is 0 Å². The highest BCUT2D eigenvalue weighted by atomic mass is 79.9. The topological polar surface area (TPSA) is 56.2 Å². The summed E-state index contributed by atoms with van der Waals surface area (Å²) in [6.07, 6.45) is 1.59. The first-order valence-corrected chi connectivity index (χ1v) is 10.9. The van der Waals surface area contributed by atoms with Gasteiger partial charge in [0.15, 0.2) is 0 Å². The fourth-order valence-electron chi connectivity index (χ4n) is 3.18. The van der Waals surface area contributed by atoms with E-state index in [0.29, 0.717) is 12.2 Å². The summed E-state index contributed by atoms with van der Waals surface area (Å²) < 4.78 is 34.7. The van der Waals surface area contributed by atoms with E-state index in [0.717, 1.165) is 21.2 Å². The van der Waals surface area contributed by atoms with E-state index in [2.05, 4.69) is 26.3 Å². The predicted molar refractivity (Wildman–Crippen MR) is 125 cm³/mol. The molecule has 0 saturated carbocycles. The van der Waals surface area contributed by atoms with Crippen molar-refractivity contribution in [1.29, 1.82) is 0 Å². The number of aromatic nitrogens is 2. The molecule has 0 aliphatic rings. The maximum absolute atomic E-state index is 13.2. The molecule has 0 bridgehead atoms. The van der Waals surface area contributed by atoms with Crippen molar-refractivity contribution in [3.05, 3.63) is 111 Å². The van der Waals surface area contributed by atoms with E-state index >= 15 is 0 Å². The third-order valence-electron chi connectivity index (χ3n) is 4.93. The molecule has 5 nitrogen and oxygen atoms in total. The van der Waals surface area contributed by atoms with Gasteiger partial charge in [-0.15, -0.1) is 5.10 Å². The Morgan fingerprint density at radius 3 is 2.27 bits per heavy atom. The Kier molecular flexibility index (Phi) is 6.84. The fourth-order valence-corrected chi connectivity index (χ4v) is 3.42. The van der Waals surface area contributed by atoms with E-state index < -0.39 is 0 Å². The standard InChI is InChI=1S/C25H20BrF2N3O2/c1-16-12-21(10-11-23(16)26)29-24(32)22-14-31(13-17-2-6-19(27)7-3-17)30-25(22)33-15-18-4-8-20(28)9-5-18/h2-12,14H,13,15H2,1H3,(H,29,32). The van der Waals surface area contributed by atoms with Gasteiger partial charge in [-0.3, -0.25) is 9.48 Å².